The predicted octanol–water partition coefficient (Wildman–Crippen LogP) is 3.01. The van der Waals surface area contributed by atoms with Gasteiger partial charge in [-0.1, -0.05) is 12.1 Å². The van der Waals surface area contributed by atoms with Gasteiger partial charge in [-0.3, -0.25) is 4.79 Å². The number of nitrogens with one attached hydrogen (secondary N) is 2. The van der Waals surface area contributed by atoms with Gasteiger partial charge in [0.05, 0.1) is 17.1 Å². The second kappa shape index (κ2) is 5.49. The summed E-state index contributed by atoms with van der Waals surface area (Å²) in [5.41, 5.74) is 4.10. The van der Waals surface area contributed by atoms with Gasteiger partial charge in [0.15, 0.2) is 0 Å². The van der Waals surface area contributed by atoms with Crippen LogP contribution in [-0.4, -0.2) is 25.3 Å². The van der Waals surface area contributed by atoms with Gasteiger partial charge in [0.1, 0.15) is 17.2 Å². The molecule has 1 unspecified atom stereocenters. The maximum absolute atomic E-state index is 12.5. The lowest BCUT2D eigenvalue weighted by molar-refractivity contribution is 0.0934. The van der Waals surface area contributed by atoms with Gasteiger partial charge in [0.2, 0.25) is 0 Å². The van der Waals surface area contributed by atoms with E-state index in [1.807, 2.05) is 60.8 Å². The quantitative estimate of drug-likeness (QED) is 0.609. The molecule has 6 heteroatoms. The first-order valence-corrected chi connectivity index (χ1v) is 7.81. The second-order valence-corrected chi connectivity index (χ2v) is 5.93. The van der Waals surface area contributed by atoms with E-state index in [1.54, 1.807) is 6.20 Å². The topological polar surface area (TPSA) is 75.1 Å². The Kier molecular flexibility index (Phi) is 3.30. The standard InChI is InChI=1S/C18H17N5O/c1-11-7-8-23-10-15(20-16(23)9-11)18(24)19-12(2)17-21-13-5-3-4-6-14(13)22-17/h3-10,12H,1-2H3,(H,19,24)(H,21,22). The molecule has 1 aromatic carbocycles. The summed E-state index contributed by atoms with van der Waals surface area (Å²) in [5.74, 6) is 0.508. The van der Waals surface area contributed by atoms with E-state index in [0.29, 0.717) is 5.69 Å². The Hall–Kier alpha value is -3.15. The molecule has 0 saturated heterocycles. The normalized spacial score (nSPS) is 12.6. The third kappa shape index (κ3) is 2.52. The molecule has 3 aromatic heterocycles. The molecule has 4 rings (SSSR count). The monoisotopic (exact) mass is 319 g/mol. The van der Waals surface area contributed by atoms with Gasteiger partial charge in [-0.2, -0.15) is 0 Å². The summed E-state index contributed by atoms with van der Waals surface area (Å²) in [5, 5.41) is 2.94. The van der Waals surface area contributed by atoms with E-state index in [2.05, 4.69) is 20.3 Å². The molecule has 120 valence electrons. The predicted molar refractivity (Wildman–Crippen MR) is 91.9 cm³/mol. The van der Waals surface area contributed by atoms with Crippen molar-refractivity contribution < 1.29 is 4.79 Å². The summed E-state index contributed by atoms with van der Waals surface area (Å²) in [6.45, 7) is 3.90. The summed E-state index contributed by atoms with van der Waals surface area (Å²) in [7, 11) is 0. The lowest BCUT2D eigenvalue weighted by Gasteiger charge is -2.09. The molecule has 0 aliphatic carbocycles. The summed E-state index contributed by atoms with van der Waals surface area (Å²) in [4.78, 5) is 24.6. The molecular weight excluding hydrogens is 302 g/mol. The Labute approximate surface area is 138 Å². The Morgan fingerprint density at radius 2 is 2.08 bits per heavy atom. The zero-order chi connectivity index (χ0) is 16.7. The van der Waals surface area contributed by atoms with Crippen molar-refractivity contribution in [1.82, 2.24) is 24.7 Å². The molecular formula is C18H17N5O. The number of hydrogen-bond donors (Lipinski definition) is 2. The highest BCUT2D eigenvalue weighted by atomic mass is 16.2. The lowest BCUT2D eigenvalue weighted by Crippen LogP contribution is -2.27. The number of rotatable bonds is 3. The van der Waals surface area contributed by atoms with Crippen molar-refractivity contribution in [3.63, 3.8) is 0 Å². The molecule has 0 spiro atoms. The number of carbonyl (C=O) groups is 1. The van der Waals surface area contributed by atoms with E-state index in [-0.39, 0.29) is 11.9 Å². The Balaban J connectivity index is 1.57. The van der Waals surface area contributed by atoms with Crippen LogP contribution >= 0.6 is 0 Å². The fraction of sp³-hybridized carbons (Fsp3) is 0.167. The third-order valence-electron chi connectivity index (χ3n) is 4.01. The van der Waals surface area contributed by atoms with Crippen LogP contribution in [-0.2, 0) is 0 Å². The Morgan fingerprint density at radius 3 is 2.92 bits per heavy atom. The lowest BCUT2D eigenvalue weighted by atomic mass is 10.3. The van der Waals surface area contributed by atoms with E-state index in [4.69, 9.17) is 0 Å². The summed E-state index contributed by atoms with van der Waals surface area (Å²) in [6, 6.07) is 11.5. The van der Waals surface area contributed by atoms with Gasteiger partial charge in [-0.25, -0.2) is 9.97 Å². The minimum absolute atomic E-state index is 0.218. The van der Waals surface area contributed by atoms with E-state index in [1.165, 1.54) is 0 Å². The van der Waals surface area contributed by atoms with Gasteiger partial charge < -0.3 is 14.7 Å². The number of nitrogens with zero attached hydrogens (tertiary/aromatic N) is 3. The molecule has 3 heterocycles. The maximum atomic E-state index is 12.5. The molecule has 1 amide bonds. The number of amides is 1. The molecule has 1 atom stereocenters. The summed E-state index contributed by atoms with van der Waals surface area (Å²) >= 11 is 0. The van der Waals surface area contributed by atoms with Crippen LogP contribution in [0.25, 0.3) is 16.7 Å². The van der Waals surface area contributed by atoms with Gasteiger partial charge in [-0.05, 0) is 43.7 Å². The zero-order valence-corrected chi connectivity index (χ0v) is 13.4. The van der Waals surface area contributed by atoms with Crippen LogP contribution in [0.4, 0.5) is 0 Å². The molecule has 0 aliphatic rings. The largest absolute Gasteiger partial charge is 0.341 e. The SMILES string of the molecule is Cc1ccn2cc(C(=O)NC(C)c3nc4ccccc4[nH]3)nc2c1. The summed E-state index contributed by atoms with van der Waals surface area (Å²) in [6.07, 6.45) is 3.63. The fourth-order valence-corrected chi connectivity index (χ4v) is 2.71. The highest BCUT2D eigenvalue weighted by Gasteiger charge is 2.17. The zero-order valence-electron chi connectivity index (χ0n) is 13.4. The minimum Gasteiger partial charge on any atom is -0.341 e. The molecule has 0 radical (unpaired) electrons. The van der Waals surface area contributed by atoms with Gasteiger partial charge >= 0.3 is 0 Å². The van der Waals surface area contributed by atoms with Crippen LogP contribution in [0.2, 0.25) is 0 Å². The van der Waals surface area contributed by atoms with Crippen molar-refractivity contribution in [2.75, 3.05) is 0 Å². The van der Waals surface area contributed by atoms with E-state index >= 15 is 0 Å². The van der Waals surface area contributed by atoms with Crippen LogP contribution in [0.3, 0.4) is 0 Å². The first-order chi connectivity index (χ1) is 11.6. The molecule has 24 heavy (non-hydrogen) atoms. The number of aromatic amines is 1. The number of benzene rings is 1. The number of aromatic nitrogens is 4. The number of aryl methyl sites for hydroxylation is 1. The number of carbonyl (C=O) groups excluding carboxylic acids is 1. The summed E-state index contributed by atoms with van der Waals surface area (Å²) < 4.78 is 1.84. The molecule has 0 bridgehead atoms. The van der Waals surface area contributed by atoms with Crippen molar-refractivity contribution in [3.8, 4) is 0 Å². The van der Waals surface area contributed by atoms with Crippen molar-refractivity contribution in [1.29, 1.82) is 0 Å². The Morgan fingerprint density at radius 1 is 1.25 bits per heavy atom. The average molecular weight is 319 g/mol. The van der Waals surface area contributed by atoms with Gasteiger partial charge in [0, 0.05) is 12.4 Å². The molecule has 0 fully saturated rings. The second-order valence-electron chi connectivity index (χ2n) is 5.93. The number of H-pyrrole nitrogens is 1. The van der Waals surface area contributed by atoms with E-state index in [0.717, 1.165) is 28.1 Å². The fourth-order valence-electron chi connectivity index (χ4n) is 2.71. The van der Waals surface area contributed by atoms with Gasteiger partial charge in [0.25, 0.3) is 5.91 Å². The first kappa shape index (κ1) is 14.4. The minimum atomic E-state index is -0.239. The number of para-hydroxylation sites is 2. The van der Waals surface area contributed by atoms with Crippen LogP contribution in [0, 0.1) is 6.92 Å². The number of imidazole rings is 2. The first-order valence-electron chi connectivity index (χ1n) is 7.81. The molecule has 0 saturated carbocycles. The van der Waals surface area contributed by atoms with E-state index in [9.17, 15) is 4.79 Å². The van der Waals surface area contributed by atoms with Crippen molar-refractivity contribution in [3.05, 3.63) is 65.9 Å². The molecule has 0 aliphatic heterocycles. The Bertz CT molecular complexity index is 1010. The van der Waals surface area contributed by atoms with Gasteiger partial charge in [-0.15, -0.1) is 0 Å². The van der Waals surface area contributed by atoms with Crippen LogP contribution in [0.5, 0.6) is 0 Å². The van der Waals surface area contributed by atoms with Crippen molar-refractivity contribution in [2.45, 2.75) is 19.9 Å². The molecule has 4 aromatic rings. The van der Waals surface area contributed by atoms with E-state index < -0.39 is 0 Å². The number of hydrogen-bond acceptors (Lipinski definition) is 3. The smallest absolute Gasteiger partial charge is 0.272 e. The van der Waals surface area contributed by atoms with Crippen LogP contribution < -0.4 is 5.32 Å². The highest BCUT2D eigenvalue weighted by molar-refractivity contribution is 5.93. The number of fused-ring (bicyclic) bond motifs is 2. The maximum Gasteiger partial charge on any atom is 0.272 e. The van der Waals surface area contributed by atoms with Crippen LogP contribution in [0.15, 0.2) is 48.8 Å². The van der Waals surface area contributed by atoms with Crippen molar-refractivity contribution >= 4 is 22.6 Å². The number of pyridine rings is 1. The van der Waals surface area contributed by atoms with Crippen LogP contribution in [0.1, 0.15) is 34.8 Å². The highest BCUT2D eigenvalue weighted by Crippen LogP contribution is 2.16. The third-order valence-corrected chi connectivity index (χ3v) is 4.01. The molecule has 6 nitrogen and oxygen atoms in total. The molecule has 2 N–H and O–H groups in total. The van der Waals surface area contributed by atoms with Crippen molar-refractivity contribution in [2.24, 2.45) is 0 Å². The average Bonchev–Trinajstić information content (AvgIpc) is 3.18.